The van der Waals surface area contributed by atoms with Crippen LogP contribution in [0.25, 0.3) is 0 Å². The van der Waals surface area contributed by atoms with Gasteiger partial charge in [-0.2, -0.15) is 0 Å². The molecule has 1 rings (SSSR count). The van der Waals surface area contributed by atoms with E-state index in [0.717, 1.165) is 19.3 Å². The van der Waals surface area contributed by atoms with Crippen LogP contribution in [-0.4, -0.2) is 17.5 Å². The quantitative estimate of drug-likeness (QED) is 0.749. The highest BCUT2D eigenvalue weighted by Crippen LogP contribution is 2.27. The topological polar surface area (TPSA) is 37.3 Å². The zero-order valence-electron chi connectivity index (χ0n) is 10.2. The molecule has 0 aromatic carbocycles. The summed E-state index contributed by atoms with van der Waals surface area (Å²) in [6, 6.07) is 0. The molecule has 0 atom stereocenters. The Morgan fingerprint density at radius 2 is 2.25 bits per heavy atom. The van der Waals surface area contributed by atoms with Gasteiger partial charge in [0.2, 0.25) is 0 Å². The van der Waals surface area contributed by atoms with Gasteiger partial charge < -0.3 is 9.90 Å². The van der Waals surface area contributed by atoms with Gasteiger partial charge in [0.05, 0.1) is 0 Å². The molecular weight excluding hydrogens is 200 g/mol. The molecule has 2 nitrogen and oxygen atoms in total. The van der Waals surface area contributed by atoms with Crippen molar-refractivity contribution in [3.05, 3.63) is 23.3 Å². The number of Topliss-reactive ketones (excluding diaryl/α,β-unsaturated/α-hetero) is 1. The minimum absolute atomic E-state index is 0.191. The summed E-state index contributed by atoms with van der Waals surface area (Å²) in [5.74, 6) is 0.242. The van der Waals surface area contributed by atoms with Crippen LogP contribution in [0, 0.1) is 0 Å². The minimum Gasteiger partial charge on any atom is -0.396 e. The summed E-state index contributed by atoms with van der Waals surface area (Å²) in [7, 11) is 0. The largest absolute Gasteiger partial charge is 0.396 e. The van der Waals surface area contributed by atoms with Gasteiger partial charge in [-0.15, -0.1) is 0 Å². The Hall–Kier alpha value is -0.890. The van der Waals surface area contributed by atoms with Crippen molar-refractivity contribution in [2.75, 3.05) is 6.61 Å². The molecule has 0 fully saturated rings. The van der Waals surface area contributed by atoms with E-state index in [-0.39, 0.29) is 12.4 Å². The first kappa shape index (κ1) is 13.2. The van der Waals surface area contributed by atoms with E-state index in [1.54, 1.807) is 6.92 Å². The highest BCUT2D eigenvalue weighted by atomic mass is 16.2. The molecule has 0 radical (unpaired) electrons. The first-order valence-electron chi connectivity index (χ1n) is 6.22. The number of hydrogen-bond donors (Lipinski definition) is 1. The lowest BCUT2D eigenvalue weighted by atomic mass is 9.90. The van der Waals surface area contributed by atoms with Gasteiger partial charge in [-0.05, 0) is 56.6 Å². The molecule has 16 heavy (non-hydrogen) atoms. The van der Waals surface area contributed by atoms with E-state index in [2.05, 4.69) is 12.2 Å². The molecule has 0 saturated carbocycles. The fraction of sp³-hybridized carbons (Fsp3) is 0.643. The first-order chi connectivity index (χ1) is 7.74. The Morgan fingerprint density at radius 3 is 2.81 bits per heavy atom. The van der Waals surface area contributed by atoms with Crippen LogP contribution in [0.3, 0.4) is 0 Å². The maximum absolute atomic E-state index is 11.0. The van der Waals surface area contributed by atoms with Gasteiger partial charge in [0.25, 0.3) is 0 Å². The average molecular weight is 222 g/mol. The fourth-order valence-electron chi connectivity index (χ4n) is 2.07. The Morgan fingerprint density at radius 1 is 1.44 bits per heavy atom. The molecule has 90 valence electrons. The van der Waals surface area contributed by atoms with E-state index in [0.29, 0.717) is 12.8 Å². The smallest absolute Gasteiger partial charge is 0.130 e. The first-order valence-corrected chi connectivity index (χ1v) is 6.22. The number of aliphatic hydroxyl groups excluding tert-OH is 1. The number of allylic oxidation sites excluding steroid dienone is 3. The highest BCUT2D eigenvalue weighted by Gasteiger charge is 2.09. The summed E-state index contributed by atoms with van der Waals surface area (Å²) in [5.41, 5.74) is 2.69. The lowest BCUT2D eigenvalue weighted by Crippen LogP contribution is -1.99. The van der Waals surface area contributed by atoms with Crippen molar-refractivity contribution in [2.45, 2.75) is 51.9 Å². The number of hydrogen-bond acceptors (Lipinski definition) is 2. The third-order valence-corrected chi connectivity index (χ3v) is 2.97. The fourth-order valence-corrected chi connectivity index (χ4v) is 2.07. The Bertz CT molecular complexity index is 287. The normalized spacial score (nSPS) is 17.1. The molecule has 2 heteroatoms. The second-order valence-corrected chi connectivity index (χ2v) is 4.42. The molecule has 0 aliphatic heterocycles. The molecule has 0 saturated heterocycles. The van der Waals surface area contributed by atoms with Crippen molar-refractivity contribution in [1.29, 1.82) is 0 Å². The van der Waals surface area contributed by atoms with Gasteiger partial charge in [-0.3, -0.25) is 0 Å². The molecule has 0 aromatic rings. The zero-order valence-corrected chi connectivity index (χ0v) is 10.2. The lowest BCUT2D eigenvalue weighted by Gasteiger charge is -2.16. The maximum Gasteiger partial charge on any atom is 0.130 e. The van der Waals surface area contributed by atoms with Crippen molar-refractivity contribution in [3.63, 3.8) is 0 Å². The third-order valence-electron chi connectivity index (χ3n) is 2.97. The standard InChI is InChI=1S/C14H22O2/c1-12(16)9-10-14(8-5-11-15)13-6-3-2-4-7-13/h6,8,15H,2-5,7,9-11H2,1H3/b14-8-. The van der Waals surface area contributed by atoms with Crippen molar-refractivity contribution in [2.24, 2.45) is 0 Å². The zero-order chi connectivity index (χ0) is 11.8. The molecule has 1 N–H and O–H groups in total. The summed E-state index contributed by atoms with van der Waals surface area (Å²) in [5, 5.41) is 8.86. The summed E-state index contributed by atoms with van der Waals surface area (Å²) in [6.07, 6.45) is 11.4. The molecule has 0 bridgehead atoms. The van der Waals surface area contributed by atoms with Gasteiger partial charge in [0.15, 0.2) is 0 Å². The van der Waals surface area contributed by atoms with Crippen molar-refractivity contribution < 1.29 is 9.90 Å². The Kier molecular flexibility index (Phi) is 6.09. The minimum atomic E-state index is 0.191. The van der Waals surface area contributed by atoms with E-state index in [1.807, 2.05) is 0 Å². The summed E-state index contributed by atoms with van der Waals surface area (Å²) in [6.45, 7) is 1.83. The number of carbonyl (C=O) groups excluding carboxylic acids is 1. The van der Waals surface area contributed by atoms with Crippen LogP contribution >= 0.6 is 0 Å². The summed E-state index contributed by atoms with van der Waals surface area (Å²) < 4.78 is 0. The Balaban J connectivity index is 2.62. The summed E-state index contributed by atoms with van der Waals surface area (Å²) in [4.78, 5) is 11.0. The number of carbonyl (C=O) groups is 1. The van der Waals surface area contributed by atoms with E-state index in [4.69, 9.17) is 5.11 Å². The van der Waals surface area contributed by atoms with E-state index >= 15 is 0 Å². The summed E-state index contributed by atoms with van der Waals surface area (Å²) >= 11 is 0. The molecule has 0 unspecified atom stereocenters. The van der Waals surface area contributed by atoms with Crippen LogP contribution in [0.2, 0.25) is 0 Å². The molecule has 1 aliphatic carbocycles. The van der Waals surface area contributed by atoms with Gasteiger partial charge in [0.1, 0.15) is 5.78 Å². The van der Waals surface area contributed by atoms with Gasteiger partial charge in [-0.25, -0.2) is 0 Å². The molecule has 0 spiro atoms. The predicted molar refractivity (Wildman–Crippen MR) is 66.3 cm³/mol. The monoisotopic (exact) mass is 222 g/mol. The van der Waals surface area contributed by atoms with E-state index in [9.17, 15) is 4.79 Å². The molecular formula is C14H22O2. The molecule has 0 aromatic heterocycles. The average Bonchev–Trinajstić information content (AvgIpc) is 2.30. The third kappa shape index (κ3) is 4.75. The second kappa shape index (κ2) is 7.39. The van der Waals surface area contributed by atoms with Crippen molar-refractivity contribution in [3.8, 4) is 0 Å². The van der Waals surface area contributed by atoms with Gasteiger partial charge in [-0.1, -0.05) is 12.2 Å². The second-order valence-electron chi connectivity index (χ2n) is 4.42. The van der Waals surface area contributed by atoms with Crippen molar-refractivity contribution in [1.82, 2.24) is 0 Å². The van der Waals surface area contributed by atoms with Crippen LogP contribution in [0.1, 0.15) is 51.9 Å². The highest BCUT2D eigenvalue weighted by molar-refractivity contribution is 5.75. The predicted octanol–water partition coefficient (Wildman–Crippen LogP) is 3.16. The van der Waals surface area contributed by atoms with E-state index < -0.39 is 0 Å². The van der Waals surface area contributed by atoms with E-state index in [1.165, 1.54) is 24.0 Å². The van der Waals surface area contributed by atoms with Crippen LogP contribution in [0.5, 0.6) is 0 Å². The van der Waals surface area contributed by atoms with Crippen LogP contribution in [-0.2, 0) is 4.79 Å². The SMILES string of the molecule is CC(=O)CC/C(=C/CCO)C1=CCCCC1. The number of aliphatic hydroxyl groups is 1. The number of ketones is 1. The van der Waals surface area contributed by atoms with Crippen molar-refractivity contribution >= 4 is 5.78 Å². The molecule has 0 amide bonds. The van der Waals surface area contributed by atoms with Crippen LogP contribution in [0.4, 0.5) is 0 Å². The van der Waals surface area contributed by atoms with Crippen LogP contribution in [0.15, 0.2) is 23.3 Å². The van der Waals surface area contributed by atoms with Crippen LogP contribution < -0.4 is 0 Å². The van der Waals surface area contributed by atoms with Gasteiger partial charge in [0, 0.05) is 13.0 Å². The molecule has 0 heterocycles. The molecule has 1 aliphatic rings. The Labute approximate surface area is 98.1 Å². The lowest BCUT2D eigenvalue weighted by molar-refractivity contribution is -0.116. The number of rotatable bonds is 6. The van der Waals surface area contributed by atoms with Gasteiger partial charge >= 0.3 is 0 Å². The maximum atomic E-state index is 11.0.